The highest BCUT2D eigenvalue weighted by molar-refractivity contribution is 5.71. The van der Waals surface area contributed by atoms with Crippen LogP contribution in [0.4, 0.5) is 26.3 Å². The molecular formula is C13H6F6O. The summed E-state index contributed by atoms with van der Waals surface area (Å²) in [7, 11) is 0. The molecule has 0 bridgehead atoms. The molecule has 0 saturated heterocycles. The summed E-state index contributed by atoms with van der Waals surface area (Å²) < 4.78 is 80.7. The third-order valence-electron chi connectivity index (χ3n) is 2.43. The normalized spacial score (nSPS) is 11.5. The highest BCUT2D eigenvalue weighted by Crippen LogP contribution is 2.36. The van der Waals surface area contributed by atoms with Crippen molar-refractivity contribution in [2.45, 2.75) is 6.36 Å². The molecule has 0 N–H and O–H groups in total. The molecule has 0 aromatic heterocycles. The molecule has 2 rings (SSSR count). The first-order chi connectivity index (χ1) is 9.29. The predicted octanol–water partition coefficient (Wildman–Crippen LogP) is 4.67. The Hall–Kier alpha value is -2.18. The number of para-hydroxylation sites is 1. The highest BCUT2D eigenvalue weighted by atomic mass is 19.4. The van der Waals surface area contributed by atoms with Crippen LogP contribution in [0.5, 0.6) is 5.75 Å². The fourth-order valence-electron chi connectivity index (χ4n) is 1.66. The topological polar surface area (TPSA) is 9.23 Å². The molecule has 0 aliphatic heterocycles. The van der Waals surface area contributed by atoms with Crippen molar-refractivity contribution in [3.05, 3.63) is 53.8 Å². The Morgan fingerprint density at radius 2 is 1.40 bits per heavy atom. The Morgan fingerprint density at radius 1 is 0.800 bits per heavy atom. The maximum Gasteiger partial charge on any atom is 0.573 e. The van der Waals surface area contributed by atoms with Gasteiger partial charge in [0.2, 0.25) is 0 Å². The predicted molar refractivity (Wildman–Crippen MR) is 58.4 cm³/mol. The van der Waals surface area contributed by atoms with Gasteiger partial charge in [-0.1, -0.05) is 18.2 Å². The van der Waals surface area contributed by atoms with Crippen molar-refractivity contribution < 1.29 is 31.1 Å². The van der Waals surface area contributed by atoms with Gasteiger partial charge in [-0.25, -0.2) is 13.2 Å². The second-order valence-electron chi connectivity index (χ2n) is 3.76. The average molecular weight is 292 g/mol. The van der Waals surface area contributed by atoms with E-state index in [9.17, 15) is 26.3 Å². The third kappa shape index (κ3) is 2.87. The first-order valence-electron chi connectivity index (χ1n) is 5.28. The summed E-state index contributed by atoms with van der Waals surface area (Å²) in [5.74, 6) is -4.96. The summed E-state index contributed by atoms with van der Waals surface area (Å²) in [6, 6.07) is 5.50. The summed E-state index contributed by atoms with van der Waals surface area (Å²) in [4.78, 5) is 0. The Bertz CT molecular complexity index is 635. The first kappa shape index (κ1) is 14.2. The van der Waals surface area contributed by atoms with Gasteiger partial charge in [-0.15, -0.1) is 13.2 Å². The van der Waals surface area contributed by atoms with Crippen molar-refractivity contribution in [1.82, 2.24) is 0 Å². The van der Waals surface area contributed by atoms with E-state index in [2.05, 4.69) is 4.74 Å². The summed E-state index contributed by atoms with van der Waals surface area (Å²) in [6.07, 6.45) is -5.03. The Balaban J connectivity index is 2.62. The van der Waals surface area contributed by atoms with Crippen molar-refractivity contribution in [3.8, 4) is 16.9 Å². The van der Waals surface area contributed by atoms with Crippen LogP contribution in [0.2, 0.25) is 0 Å². The molecule has 0 heterocycles. The van der Waals surface area contributed by atoms with Gasteiger partial charge in [0.25, 0.3) is 0 Å². The molecule has 2 aromatic rings. The quantitative estimate of drug-likeness (QED) is 0.577. The molecule has 0 spiro atoms. The zero-order valence-corrected chi connectivity index (χ0v) is 9.64. The van der Waals surface area contributed by atoms with Crippen molar-refractivity contribution >= 4 is 0 Å². The number of halogens is 6. The van der Waals surface area contributed by atoms with E-state index in [-0.39, 0.29) is 0 Å². The van der Waals surface area contributed by atoms with E-state index in [1.807, 2.05) is 0 Å². The lowest BCUT2D eigenvalue weighted by atomic mass is 10.0. The van der Waals surface area contributed by atoms with E-state index in [0.717, 1.165) is 12.1 Å². The molecule has 0 saturated carbocycles. The molecule has 0 atom stereocenters. The smallest absolute Gasteiger partial charge is 0.405 e. The van der Waals surface area contributed by atoms with E-state index in [1.165, 1.54) is 12.1 Å². The number of hydrogen-bond donors (Lipinski definition) is 0. The lowest BCUT2D eigenvalue weighted by Crippen LogP contribution is -2.17. The van der Waals surface area contributed by atoms with Gasteiger partial charge in [0.05, 0.1) is 5.56 Å². The van der Waals surface area contributed by atoms with Gasteiger partial charge < -0.3 is 4.74 Å². The van der Waals surface area contributed by atoms with Crippen LogP contribution in [0.15, 0.2) is 36.4 Å². The van der Waals surface area contributed by atoms with E-state index in [0.29, 0.717) is 12.1 Å². The zero-order valence-electron chi connectivity index (χ0n) is 9.64. The van der Waals surface area contributed by atoms with Crippen LogP contribution >= 0.6 is 0 Å². The minimum atomic E-state index is -5.03. The van der Waals surface area contributed by atoms with Crippen LogP contribution in [-0.4, -0.2) is 6.36 Å². The van der Waals surface area contributed by atoms with Gasteiger partial charge >= 0.3 is 6.36 Å². The highest BCUT2D eigenvalue weighted by Gasteiger charge is 2.33. The minimum Gasteiger partial charge on any atom is -0.405 e. The number of rotatable bonds is 2. The van der Waals surface area contributed by atoms with Gasteiger partial charge in [-0.3, -0.25) is 0 Å². The second kappa shape index (κ2) is 5.07. The van der Waals surface area contributed by atoms with Gasteiger partial charge in [0.15, 0.2) is 11.6 Å². The van der Waals surface area contributed by atoms with Gasteiger partial charge in [-0.05, 0) is 18.2 Å². The molecule has 20 heavy (non-hydrogen) atoms. The molecule has 106 valence electrons. The number of ether oxygens (including phenoxy) is 1. The lowest BCUT2D eigenvalue weighted by Gasteiger charge is -2.14. The fourth-order valence-corrected chi connectivity index (χ4v) is 1.66. The van der Waals surface area contributed by atoms with Crippen molar-refractivity contribution in [3.63, 3.8) is 0 Å². The molecule has 2 aromatic carbocycles. The van der Waals surface area contributed by atoms with Crippen LogP contribution in [0.25, 0.3) is 11.1 Å². The number of benzene rings is 2. The molecule has 0 fully saturated rings. The molecule has 0 radical (unpaired) electrons. The fraction of sp³-hybridized carbons (Fsp3) is 0.0769. The third-order valence-corrected chi connectivity index (χ3v) is 2.43. The Morgan fingerprint density at radius 3 is 2.05 bits per heavy atom. The lowest BCUT2D eigenvalue weighted by molar-refractivity contribution is -0.274. The molecule has 1 nitrogen and oxygen atoms in total. The molecule has 0 unspecified atom stereocenters. The van der Waals surface area contributed by atoms with Crippen LogP contribution < -0.4 is 4.74 Å². The van der Waals surface area contributed by atoms with Crippen LogP contribution in [0, 0.1) is 17.5 Å². The number of hydrogen-bond acceptors (Lipinski definition) is 1. The Kier molecular flexibility index (Phi) is 3.61. The van der Waals surface area contributed by atoms with Crippen LogP contribution in [0.3, 0.4) is 0 Å². The summed E-state index contributed by atoms with van der Waals surface area (Å²) in [6.45, 7) is 0. The van der Waals surface area contributed by atoms with Gasteiger partial charge in [0.1, 0.15) is 11.6 Å². The standard InChI is InChI=1S/C13H6F6O/c14-8-5-6-9(15)12(16)11(8)7-3-1-2-4-10(7)20-13(17,18)19/h1-6H. The summed E-state index contributed by atoms with van der Waals surface area (Å²) >= 11 is 0. The van der Waals surface area contributed by atoms with E-state index >= 15 is 0 Å². The molecular weight excluding hydrogens is 286 g/mol. The summed E-state index contributed by atoms with van der Waals surface area (Å²) in [5.41, 5.74) is -1.44. The summed E-state index contributed by atoms with van der Waals surface area (Å²) in [5, 5.41) is 0. The second-order valence-corrected chi connectivity index (χ2v) is 3.76. The molecule has 7 heteroatoms. The van der Waals surface area contributed by atoms with Crippen molar-refractivity contribution in [1.29, 1.82) is 0 Å². The average Bonchev–Trinajstić information content (AvgIpc) is 2.35. The Labute approximate surface area is 109 Å². The van der Waals surface area contributed by atoms with E-state index in [1.54, 1.807) is 0 Å². The van der Waals surface area contributed by atoms with Crippen molar-refractivity contribution in [2.24, 2.45) is 0 Å². The van der Waals surface area contributed by atoms with Crippen molar-refractivity contribution in [2.75, 3.05) is 0 Å². The van der Waals surface area contributed by atoms with Gasteiger partial charge in [-0.2, -0.15) is 0 Å². The molecule has 0 aliphatic carbocycles. The maximum absolute atomic E-state index is 13.6. The minimum absolute atomic E-state index is 0.528. The van der Waals surface area contributed by atoms with Crippen LogP contribution in [-0.2, 0) is 0 Å². The largest absolute Gasteiger partial charge is 0.573 e. The monoisotopic (exact) mass is 292 g/mol. The maximum atomic E-state index is 13.6. The number of alkyl halides is 3. The SMILES string of the molecule is Fc1ccc(F)c(-c2ccccc2OC(F)(F)F)c1F. The van der Waals surface area contributed by atoms with Crippen LogP contribution in [0.1, 0.15) is 0 Å². The van der Waals surface area contributed by atoms with E-state index in [4.69, 9.17) is 0 Å². The molecule has 0 aliphatic rings. The molecule has 0 amide bonds. The van der Waals surface area contributed by atoms with E-state index < -0.39 is 40.7 Å². The zero-order chi connectivity index (χ0) is 14.9. The van der Waals surface area contributed by atoms with Gasteiger partial charge in [0, 0.05) is 5.56 Å². The first-order valence-corrected chi connectivity index (χ1v) is 5.28.